The summed E-state index contributed by atoms with van der Waals surface area (Å²) in [5.41, 5.74) is 2.27. The Bertz CT molecular complexity index is 682. The van der Waals surface area contributed by atoms with Crippen molar-refractivity contribution in [3.8, 4) is 0 Å². The first-order chi connectivity index (χ1) is 9.99. The maximum atomic E-state index is 12.1. The number of hydrogen-bond donors (Lipinski definition) is 1. The van der Waals surface area contributed by atoms with E-state index in [0.29, 0.717) is 24.7 Å². The van der Waals surface area contributed by atoms with Crippen LogP contribution < -0.4 is 10.9 Å². The topological polar surface area (TPSA) is 59.8 Å². The summed E-state index contributed by atoms with van der Waals surface area (Å²) < 4.78 is 1.39. The molecule has 1 N–H and O–H groups in total. The number of nitrogens with one attached hydrogen (secondary N) is 1. The van der Waals surface area contributed by atoms with Crippen molar-refractivity contribution in [3.63, 3.8) is 0 Å². The summed E-state index contributed by atoms with van der Waals surface area (Å²) in [6, 6.07) is 3.88. The van der Waals surface area contributed by atoms with Crippen LogP contribution in [0, 0.1) is 12.8 Å². The van der Waals surface area contributed by atoms with Crippen molar-refractivity contribution in [1.82, 2.24) is 14.8 Å². The molecule has 0 fully saturated rings. The number of anilines is 1. The minimum atomic E-state index is -0.270. The van der Waals surface area contributed by atoms with Gasteiger partial charge in [0, 0.05) is 12.7 Å². The summed E-state index contributed by atoms with van der Waals surface area (Å²) in [7, 11) is 0. The van der Waals surface area contributed by atoms with Gasteiger partial charge < -0.3 is 5.32 Å². The van der Waals surface area contributed by atoms with Crippen LogP contribution in [0.1, 0.15) is 25.1 Å². The van der Waals surface area contributed by atoms with Crippen LogP contribution in [0.4, 0.5) is 5.69 Å². The Hall–Kier alpha value is -1.88. The van der Waals surface area contributed by atoms with Gasteiger partial charge in [-0.3, -0.25) is 9.78 Å². The molecular weight excluding hydrogens is 288 g/mol. The molecule has 0 amide bonds. The maximum absolute atomic E-state index is 12.1. The third-order valence-electron chi connectivity index (χ3n) is 3.09. The lowest BCUT2D eigenvalue weighted by molar-refractivity contribution is 0.464. The van der Waals surface area contributed by atoms with Gasteiger partial charge >= 0.3 is 0 Å². The number of rotatable bonds is 5. The lowest BCUT2D eigenvalue weighted by Crippen LogP contribution is -2.26. The van der Waals surface area contributed by atoms with Crippen LogP contribution in [0.25, 0.3) is 0 Å². The zero-order chi connectivity index (χ0) is 15.4. The number of nitrogens with zero attached hydrogens (tertiary/aromatic N) is 3. The fraction of sp³-hybridized carbons (Fsp3) is 0.400. The first-order valence-corrected chi connectivity index (χ1v) is 7.26. The molecule has 0 bridgehead atoms. The van der Waals surface area contributed by atoms with Gasteiger partial charge in [0.1, 0.15) is 5.02 Å². The first-order valence-electron chi connectivity index (χ1n) is 6.89. The largest absolute Gasteiger partial charge is 0.377 e. The SMILES string of the molecule is Cc1cccnc1CNc1cnn(CC(C)C)c(=O)c1Cl. The van der Waals surface area contributed by atoms with E-state index in [2.05, 4.69) is 15.4 Å². The fourth-order valence-electron chi connectivity index (χ4n) is 1.95. The first kappa shape index (κ1) is 15.5. The molecular formula is C15H19ClN4O. The Labute approximate surface area is 129 Å². The number of pyridine rings is 1. The zero-order valence-electron chi connectivity index (χ0n) is 12.4. The highest BCUT2D eigenvalue weighted by Crippen LogP contribution is 2.17. The molecule has 6 heteroatoms. The number of hydrogen-bond acceptors (Lipinski definition) is 4. The Morgan fingerprint density at radius 2 is 2.19 bits per heavy atom. The molecule has 0 aliphatic rings. The minimum Gasteiger partial charge on any atom is -0.377 e. The number of aromatic nitrogens is 3. The molecule has 0 spiro atoms. The van der Waals surface area contributed by atoms with E-state index in [0.717, 1.165) is 11.3 Å². The minimum absolute atomic E-state index is 0.166. The molecule has 2 heterocycles. The molecule has 0 aliphatic carbocycles. The molecule has 2 aromatic rings. The van der Waals surface area contributed by atoms with Crippen LogP contribution >= 0.6 is 11.6 Å². The standard InChI is InChI=1S/C15H19ClN4O/c1-10(2)9-20-15(21)14(16)13(8-19-20)18-7-12-11(3)5-4-6-17-12/h4-6,8,10,18H,7,9H2,1-3H3. The smallest absolute Gasteiger partial charge is 0.287 e. The van der Waals surface area contributed by atoms with Gasteiger partial charge in [-0.15, -0.1) is 0 Å². The van der Waals surface area contributed by atoms with Crippen molar-refractivity contribution >= 4 is 17.3 Å². The van der Waals surface area contributed by atoms with Gasteiger partial charge in [-0.2, -0.15) is 5.10 Å². The maximum Gasteiger partial charge on any atom is 0.287 e. The summed E-state index contributed by atoms with van der Waals surface area (Å²) in [5.74, 6) is 0.334. The fourth-order valence-corrected chi connectivity index (χ4v) is 2.16. The summed E-state index contributed by atoms with van der Waals surface area (Å²) in [6.07, 6.45) is 3.33. The van der Waals surface area contributed by atoms with Gasteiger partial charge in [0.2, 0.25) is 0 Å². The Morgan fingerprint density at radius 1 is 1.43 bits per heavy atom. The second-order valence-electron chi connectivity index (χ2n) is 5.37. The number of aryl methyl sites for hydroxylation is 1. The molecule has 0 radical (unpaired) electrons. The monoisotopic (exact) mass is 306 g/mol. The zero-order valence-corrected chi connectivity index (χ0v) is 13.2. The van der Waals surface area contributed by atoms with E-state index in [1.807, 2.05) is 32.9 Å². The average molecular weight is 307 g/mol. The molecule has 112 valence electrons. The Kier molecular flexibility index (Phi) is 4.96. The van der Waals surface area contributed by atoms with E-state index in [1.54, 1.807) is 12.4 Å². The lowest BCUT2D eigenvalue weighted by atomic mass is 10.2. The van der Waals surface area contributed by atoms with Crippen molar-refractivity contribution in [3.05, 3.63) is 51.2 Å². The molecule has 2 rings (SSSR count). The molecule has 21 heavy (non-hydrogen) atoms. The lowest BCUT2D eigenvalue weighted by Gasteiger charge is -2.12. The van der Waals surface area contributed by atoms with E-state index in [1.165, 1.54) is 4.68 Å². The van der Waals surface area contributed by atoms with Crippen molar-refractivity contribution < 1.29 is 0 Å². The van der Waals surface area contributed by atoms with Gasteiger partial charge in [0.05, 0.1) is 24.1 Å². The Morgan fingerprint density at radius 3 is 2.86 bits per heavy atom. The van der Waals surface area contributed by atoms with Crippen LogP contribution in [-0.4, -0.2) is 14.8 Å². The van der Waals surface area contributed by atoms with E-state index >= 15 is 0 Å². The van der Waals surface area contributed by atoms with Crippen LogP contribution in [0.2, 0.25) is 5.02 Å². The van der Waals surface area contributed by atoms with E-state index in [-0.39, 0.29) is 10.6 Å². The van der Waals surface area contributed by atoms with Crippen molar-refractivity contribution in [2.45, 2.75) is 33.9 Å². The van der Waals surface area contributed by atoms with Gasteiger partial charge in [0.15, 0.2) is 0 Å². The quantitative estimate of drug-likeness (QED) is 0.923. The predicted octanol–water partition coefficient (Wildman–Crippen LogP) is 2.87. The van der Waals surface area contributed by atoms with Gasteiger partial charge in [-0.1, -0.05) is 31.5 Å². The van der Waals surface area contributed by atoms with Gasteiger partial charge in [0.25, 0.3) is 5.56 Å². The second kappa shape index (κ2) is 6.72. The summed E-state index contributed by atoms with van der Waals surface area (Å²) in [4.78, 5) is 16.4. The van der Waals surface area contributed by atoms with E-state index in [4.69, 9.17) is 11.6 Å². The van der Waals surface area contributed by atoms with Crippen molar-refractivity contribution in [2.24, 2.45) is 5.92 Å². The highest BCUT2D eigenvalue weighted by Gasteiger charge is 2.10. The highest BCUT2D eigenvalue weighted by molar-refractivity contribution is 6.32. The molecule has 0 aliphatic heterocycles. The van der Waals surface area contributed by atoms with Crippen LogP contribution in [0.15, 0.2) is 29.3 Å². The Balaban J connectivity index is 2.17. The molecule has 0 atom stereocenters. The number of halogens is 1. The highest BCUT2D eigenvalue weighted by atomic mass is 35.5. The molecule has 0 unspecified atom stereocenters. The molecule has 5 nitrogen and oxygen atoms in total. The molecule has 0 saturated carbocycles. The second-order valence-corrected chi connectivity index (χ2v) is 5.75. The van der Waals surface area contributed by atoms with Gasteiger partial charge in [-0.25, -0.2) is 4.68 Å². The third-order valence-corrected chi connectivity index (χ3v) is 3.45. The van der Waals surface area contributed by atoms with E-state index < -0.39 is 0 Å². The van der Waals surface area contributed by atoms with Crippen molar-refractivity contribution in [2.75, 3.05) is 5.32 Å². The summed E-state index contributed by atoms with van der Waals surface area (Å²) >= 11 is 6.13. The molecule has 0 aromatic carbocycles. The third kappa shape index (κ3) is 3.82. The average Bonchev–Trinajstić information content (AvgIpc) is 2.44. The predicted molar refractivity (Wildman–Crippen MR) is 84.6 cm³/mol. The van der Waals surface area contributed by atoms with Crippen LogP contribution in [-0.2, 0) is 13.1 Å². The summed E-state index contributed by atoms with van der Waals surface area (Å²) in [6.45, 7) is 7.10. The molecule has 0 saturated heterocycles. The van der Waals surface area contributed by atoms with Crippen LogP contribution in [0.5, 0.6) is 0 Å². The summed E-state index contributed by atoms with van der Waals surface area (Å²) in [5, 5.41) is 7.44. The van der Waals surface area contributed by atoms with Gasteiger partial charge in [-0.05, 0) is 24.5 Å². The normalized spacial score (nSPS) is 10.9. The molecule has 2 aromatic heterocycles. The van der Waals surface area contributed by atoms with Crippen LogP contribution in [0.3, 0.4) is 0 Å². The van der Waals surface area contributed by atoms with Crippen molar-refractivity contribution in [1.29, 1.82) is 0 Å². The van der Waals surface area contributed by atoms with E-state index in [9.17, 15) is 4.79 Å².